The zero-order valence-electron chi connectivity index (χ0n) is 5.37. The molecule has 0 atom stereocenters. The molecule has 0 N–H and O–H groups in total. The summed E-state index contributed by atoms with van der Waals surface area (Å²) < 4.78 is -1.27. The fourth-order valence-corrected chi connectivity index (χ4v) is 0.956. The first-order valence-corrected chi connectivity index (χ1v) is 3.53. The van der Waals surface area contributed by atoms with Crippen LogP contribution in [0.3, 0.4) is 0 Å². The molecule has 1 rings (SSSR count). The minimum Gasteiger partial charge on any atom is -0.222 e. The Morgan fingerprint density at radius 1 is 1.45 bits per heavy atom. The van der Waals surface area contributed by atoms with Gasteiger partial charge < -0.3 is 0 Å². The molecular formula is C6H4Cl2N2O. The molecule has 0 radical (unpaired) electrons. The van der Waals surface area contributed by atoms with E-state index in [1.807, 2.05) is 0 Å². The highest BCUT2D eigenvalue weighted by molar-refractivity contribution is 6.49. The normalized spacial score (nSPS) is 19.6. The lowest BCUT2D eigenvalue weighted by Gasteiger charge is -2.25. The van der Waals surface area contributed by atoms with Crippen molar-refractivity contribution in [2.45, 2.75) is 4.46 Å². The second-order valence-corrected chi connectivity index (χ2v) is 3.17. The van der Waals surface area contributed by atoms with Crippen LogP contribution in [-0.4, -0.2) is 15.5 Å². The van der Waals surface area contributed by atoms with Gasteiger partial charge in [-0.25, -0.2) is 9.80 Å². The highest BCUT2D eigenvalue weighted by atomic mass is 35.5. The maximum Gasteiger partial charge on any atom is 0.258 e. The van der Waals surface area contributed by atoms with E-state index in [9.17, 15) is 4.79 Å². The molecule has 0 aromatic rings. The largest absolute Gasteiger partial charge is 0.258 e. The number of allylic oxidation sites excluding steroid dienone is 2. The van der Waals surface area contributed by atoms with Crippen LogP contribution in [0.4, 0.5) is 0 Å². The zero-order valence-corrected chi connectivity index (χ0v) is 6.88. The van der Waals surface area contributed by atoms with Crippen molar-refractivity contribution in [3.63, 3.8) is 0 Å². The molecule has 0 aromatic carbocycles. The van der Waals surface area contributed by atoms with Gasteiger partial charge in [-0.2, -0.15) is 0 Å². The minimum absolute atomic E-state index is 1.10. The summed E-state index contributed by atoms with van der Waals surface area (Å²) in [5, 5.41) is 4.36. The van der Waals surface area contributed by atoms with Crippen LogP contribution in [0.2, 0.25) is 0 Å². The molecule has 1 heterocycles. The Morgan fingerprint density at radius 2 is 2.18 bits per heavy atom. The Hall–Kier alpha value is -0.760. The predicted octanol–water partition coefficient (Wildman–Crippen LogP) is 1.75. The number of halogens is 2. The molecule has 0 fully saturated rings. The Kier molecular flexibility index (Phi) is 2.35. The summed E-state index contributed by atoms with van der Waals surface area (Å²) in [5.74, 6) is 0. The molecule has 0 aromatic heterocycles. The Morgan fingerprint density at radius 3 is 2.73 bits per heavy atom. The number of hydrazone groups is 1. The van der Waals surface area contributed by atoms with Gasteiger partial charge in [0.2, 0.25) is 4.46 Å². The van der Waals surface area contributed by atoms with Crippen molar-refractivity contribution in [3.8, 4) is 0 Å². The van der Waals surface area contributed by atoms with Gasteiger partial charge in [-0.1, -0.05) is 34.4 Å². The van der Waals surface area contributed by atoms with Crippen molar-refractivity contribution in [1.82, 2.24) is 5.01 Å². The van der Waals surface area contributed by atoms with E-state index in [4.69, 9.17) is 23.2 Å². The van der Waals surface area contributed by atoms with E-state index < -0.39 is 4.46 Å². The van der Waals surface area contributed by atoms with Gasteiger partial charge >= 0.3 is 0 Å². The fourth-order valence-electron chi connectivity index (χ4n) is 0.622. The smallest absolute Gasteiger partial charge is 0.222 e. The average Bonchev–Trinajstić information content (AvgIpc) is 1.94. The zero-order chi connectivity index (χ0) is 8.32. The van der Waals surface area contributed by atoms with Gasteiger partial charge in [-0.05, 0) is 12.2 Å². The molecule has 0 aliphatic carbocycles. The summed E-state index contributed by atoms with van der Waals surface area (Å²) in [4.78, 5) is 9.85. The molecular weight excluding hydrogens is 187 g/mol. The summed E-state index contributed by atoms with van der Waals surface area (Å²) in [6, 6.07) is 0. The molecule has 0 saturated carbocycles. The molecule has 11 heavy (non-hydrogen) atoms. The molecule has 58 valence electrons. The first-order valence-electron chi connectivity index (χ1n) is 2.78. The number of isocyanates is 1. The lowest BCUT2D eigenvalue weighted by Crippen LogP contribution is -2.30. The predicted molar refractivity (Wildman–Crippen MR) is 42.7 cm³/mol. The summed E-state index contributed by atoms with van der Waals surface area (Å²) in [6.07, 6.45) is 7.63. The van der Waals surface area contributed by atoms with Crippen LogP contribution in [0.15, 0.2) is 29.5 Å². The lowest BCUT2D eigenvalue weighted by atomic mass is 10.4. The summed E-state index contributed by atoms with van der Waals surface area (Å²) in [5.41, 5.74) is 0. The average molecular weight is 191 g/mol. The van der Waals surface area contributed by atoms with E-state index >= 15 is 0 Å². The van der Waals surface area contributed by atoms with E-state index in [-0.39, 0.29) is 0 Å². The van der Waals surface area contributed by atoms with Crippen molar-refractivity contribution in [2.75, 3.05) is 0 Å². The second-order valence-electron chi connectivity index (χ2n) is 1.82. The van der Waals surface area contributed by atoms with Crippen molar-refractivity contribution in [2.24, 2.45) is 5.10 Å². The van der Waals surface area contributed by atoms with Gasteiger partial charge in [0, 0.05) is 6.20 Å². The number of hydrogen-bond acceptors (Lipinski definition) is 3. The monoisotopic (exact) mass is 190 g/mol. The highest BCUT2D eigenvalue weighted by Crippen LogP contribution is 2.30. The Balaban J connectivity index is 2.88. The number of rotatable bonds is 1. The van der Waals surface area contributed by atoms with Crippen LogP contribution >= 0.6 is 23.2 Å². The molecule has 3 nitrogen and oxygen atoms in total. The lowest BCUT2D eigenvalue weighted by molar-refractivity contribution is 0.368. The molecule has 0 bridgehead atoms. The number of nitrogens with zero attached hydrogens (tertiary/aromatic N) is 2. The van der Waals surface area contributed by atoms with E-state index in [2.05, 4.69) is 5.10 Å². The van der Waals surface area contributed by atoms with E-state index in [0.717, 1.165) is 5.01 Å². The Bertz CT molecular complexity index is 253. The summed E-state index contributed by atoms with van der Waals surface area (Å²) in [6.45, 7) is 0. The minimum atomic E-state index is -1.27. The van der Waals surface area contributed by atoms with Gasteiger partial charge in [0.1, 0.15) is 0 Å². The molecule has 1 aliphatic rings. The van der Waals surface area contributed by atoms with Gasteiger partial charge in [-0.3, -0.25) is 0 Å². The first kappa shape index (κ1) is 8.34. The summed E-state index contributed by atoms with van der Waals surface area (Å²) >= 11 is 11.4. The van der Waals surface area contributed by atoms with Crippen molar-refractivity contribution < 1.29 is 4.79 Å². The Labute approximate surface area is 73.6 Å². The van der Waals surface area contributed by atoms with Crippen molar-refractivity contribution in [3.05, 3.63) is 24.4 Å². The van der Waals surface area contributed by atoms with Crippen molar-refractivity contribution >= 4 is 29.3 Å². The maximum atomic E-state index is 9.85. The van der Waals surface area contributed by atoms with E-state index in [1.54, 1.807) is 12.2 Å². The third-order valence-electron chi connectivity index (χ3n) is 1.09. The van der Waals surface area contributed by atoms with Crippen LogP contribution in [0, 0.1) is 0 Å². The number of hydrogen-bond donors (Lipinski definition) is 0. The number of alkyl halides is 2. The van der Waals surface area contributed by atoms with Crippen molar-refractivity contribution in [1.29, 1.82) is 0 Å². The van der Waals surface area contributed by atoms with Gasteiger partial charge in [-0.15, -0.1) is 0 Å². The van der Waals surface area contributed by atoms with Gasteiger partial charge in [0.25, 0.3) is 6.08 Å². The SMILES string of the molecule is O=C=NN1C=CC=CC1(Cl)Cl. The molecule has 0 unspecified atom stereocenters. The molecule has 0 amide bonds. The molecule has 0 spiro atoms. The van der Waals surface area contributed by atoms with Gasteiger partial charge in [0.05, 0.1) is 0 Å². The first-order chi connectivity index (χ1) is 5.17. The maximum absolute atomic E-state index is 9.85. The van der Waals surface area contributed by atoms with Crippen LogP contribution in [0.1, 0.15) is 0 Å². The summed E-state index contributed by atoms with van der Waals surface area (Å²) in [7, 11) is 0. The van der Waals surface area contributed by atoms with E-state index in [0.29, 0.717) is 0 Å². The quantitative estimate of drug-likeness (QED) is 0.273. The van der Waals surface area contributed by atoms with Crippen LogP contribution in [0.5, 0.6) is 0 Å². The van der Waals surface area contributed by atoms with Crippen LogP contribution in [0.25, 0.3) is 0 Å². The van der Waals surface area contributed by atoms with Crippen LogP contribution < -0.4 is 0 Å². The molecule has 0 saturated heterocycles. The highest BCUT2D eigenvalue weighted by Gasteiger charge is 2.28. The molecule has 5 heteroatoms. The van der Waals surface area contributed by atoms with Crippen LogP contribution in [-0.2, 0) is 4.79 Å². The fraction of sp³-hybridized carbons (Fsp3) is 0.167. The van der Waals surface area contributed by atoms with E-state index in [1.165, 1.54) is 18.4 Å². The second kappa shape index (κ2) is 3.09. The van der Waals surface area contributed by atoms with Gasteiger partial charge in [0.15, 0.2) is 0 Å². The third-order valence-corrected chi connectivity index (χ3v) is 1.69. The molecule has 1 aliphatic heterocycles. The topological polar surface area (TPSA) is 32.7 Å². The standard InChI is InChI=1S/C6H4Cl2N2O/c7-6(8)3-1-2-4-10(6)9-5-11/h1-4H. The number of carbonyl (C=O) groups excluding carboxylic acids is 1. The third kappa shape index (κ3) is 1.84.